The average Bonchev–Trinajstić information content (AvgIpc) is 2.73. The maximum absolute atomic E-state index is 5.59. The summed E-state index contributed by atoms with van der Waals surface area (Å²) in [5, 5.41) is 3.69. The molecule has 1 fully saturated rings. The molecule has 1 aliphatic carbocycles. The second-order valence-corrected chi connectivity index (χ2v) is 6.45. The smallest absolute Gasteiger partial charge is 0.164 e. The molecule has 1 aromatic heterocycles. The zero-order valence-electron chi connectivity index (χ0n) is 10.7. The number of furan rings is 1. The maximum Gasteiger partial charge on any atom is 0.164 e. The van der Waals surface area contributed by atoms with E-state index in [0.717, 1.165) is 27.9 Å². The second-order valence-electron chi connectivity index (χ2n) is 5.39. The molecule has 0 aromatic carbocycles. The fourth-order valence-corrected chi connectivity index (χ4v) is 3.35. The summed E-state index contributed by atoms with van der Waals surface area (Å²) in [5.41, 5.74) is 0. The zero-order chi connectivity index (χ0) is 12.3. The van der Waals surface area contributed by atoms with Gasteiger partial charge in [0.1, 0.15) is 5.76 Å². The highest BCUT2D eigenvalue weighted by atomic mass is 127. The Kier molecular flexibility index (Phi) is 4.91. The molecule has 0 bridgehead atoms. The predicted octanol–water partition coefficient (Wildman–Crippen LogP) is 4.19. The van der Waals surface area contributed by atoms with Crippen LogP contribution in [0.15, 0.2) is 16.5 Å². The molecule has 1 heterocycles. The number of halogens is 1. The Bertz CT molecular complexity index is 348. The van der Waals surface area contributed by atoms with E-state index in [2.05, 4.69) is 47.8 Å². The molecule has 2 atom stereocenters. The van der Waals surface area contributed by atoms with Crippen molar-refractivity contribution in [1.29, 1.82) is 0 Å². The lowest BCUT2D eigenvalue weighted by molar-refractivity contribution is 0.201. The SMILES string of the molecule is CC(C)C1CCCCC1NCc1ccc(I)o1. The quantitative estimate of drug-likeness (QED) is 0.827. The highest BCUT2D eigenvalue weighted by Gasteiger charge is 2.27. The summed E-state index contributed by atoms with van der Waals surface area (Å²) in [6.45, 7) is 5.57. The molecule has 2 nitrogen and oxygen atoms in total. The molecule has 2 unspecified atom stereocenters. The van der Waals surface area contributed by atoms with Crippen LogP contribution in [-0.4, -0.2) is 6.04 Å². The van der Waals surface area contributed by atoms with E-state index in [0.29, 0.717) is 6.04 Å². The molecule has 1 aliphatic rings. The lowest BCUT2D eigenvalue weighted by Gasteiger charge is -2.34. The van der Waals surface area contributed by atoms with Crippen LogP contribution in [0.2, 0.25) is 0 Å². The van der Waals surface area contributed by atoms with Crippen LogP contribution in [0.25, 0.3) is 0 Å². The van der Waals surface area contributed by atoms with Gasteiger partial charge in [0.05, 0.1) is 6.54 Å². The normalized spacial score (nSPS) is 25.4. The van der Waals surface area contributed by atoms with Crippen LogP contribution in [-0.2, 0) is 6.54 Å². The van der Waals surface area contributed by atoms with Crippen LogP contribution in [0.1, 0.15) is 45.3 Å². The number of hydrogen-bond donors (Lipinski definition) is 1. The van der Waals surface area contributed by atoms with Crippen molar-refractivity contribution in [3.63, 3.8) is 0 Å². The van der Waals surface area contributed by atoms with E-state index in [1.807, 2.05) is 6.07 Å². The van der Waals surface area contributed by atoms with E-state index >= 15 is 0 Å². The fourth-order valence-electron chi connectivity index (χ4n) is 2.89. The van der Waals surface area contributed by atoms with Gasteiger partial charge in [-0.25, -0.2) is 0 Å². The van der Waals surface area contributed by atoms with Gasteiger partial charge in [0.2, 0.25) is 0 Å². The third-order valence-electron chi connectivity index (χ3n) is 3.84. The van der Waals surface area contributed by atoms with Crippen LogP contribution < -0.4 is 5.32 Å². The molecule has 0 saturated heterocycles. The van der Waals surface area contributed by atoms with Gasteiger partial charge >= 0.3 is 0 Å². The summed E-state index contributed by atoms with van der Waals surface area (Å²) in [4.78, 5) is 0. The van der Waals surface area contributed by atoms with Crippen molar-refractivity contribution in [3.8, 4) is 0 Å². The van der Waals surface area contributed by atoms with Crippen molar-refractivity contribution in [2.24, 2.45) is 11.8 Å². The Hall–Kier alpha value is -0.0300. The van der Waals surface area contributed by atoms with Gasteiger partial charge < -0.3 is 9.73 Å². The Balaban J connectivity index is 1.88. The molecule has 96 valence electrons. The van der Waals surface area contributed by atoms with Gasteiger partial charge in [-0.15, -0.1) is 0 Å². The van der Waals surface area contributed by atoms with Crippen LogP contribution in [0, 0.1) is 15.6 Å². The number of hydrogen-bond acceptors (Lipinski definition) is 2. The predicted molar refractivity (Wildman–Crippen MR) is 78.8 cm³/mol. The van der Waals surface area contributed by atoms with Gasteiger partial charge in [-0.2, -0.15) is 0 Å². The van der Waals surface area contributed by atoms with Gasteiger partial charge in [0.15, 0.2) is 3.77 Å². The van der Waals surface area contributed by atoms with E-state index in [1.54, 1.807) is 0 Å². The topological polar surface area (TPSA) is 25.2 Å². The van der Waals surface area contributed by atoms with Crippen LogP contribution in [0.4, 0.5) is 0 Å². The van der Waals surface area contributed by atoms with Crippen LogP contribution >= 0.6 is 22.6 Å². The van der Waals surface area contributed by atoms with Gasteiger partial charge in [-0.1, -0.05) is 26.7 Å². The van der Waals surface area contributed by atoms with Crippen LogP contribution in [0.3, 0.4) is 0 Å². The standard InChI is InChI=1S/C14H22INO/c1-10(2)12-5-3-4-6-13(12)16-9-11-7-8-14(15)17-11/h7-8,10,12-13,16H,3-6,9H2,1-2H3. The van der Waals surface area contributed by atoms with Gasteiger partial charge in [0.25, 0.3) is 0 Å². The first-order chi connectivity index (χ1) is 8.16. The highest BCUT2D eigenvalue weighted by molar-refractivity contribution is 14.1. The third kappa shape index (κ3) is 3.71. The molecule has 0 spiro atoms. The van der Waals surface area contributed by atoms with Gasteiger partial charge in [-0.05, 0) is 59.4 Å². The first-order valence-corrected chi connectivity index (χ1v) is 7.72. The fraction of sp³-hybridized carbons (Fsp3) is 0.714. The Morgan fingerprint density at radius 1 is 1.35 bits per heavy atom. The summed E-state index contributed by atoms with van der Waals surface area (Å²) in [6, 6.07) is 4.77. The minimum Gasteiger partial charge on any atom is -0.454 e. The van der Waals surface area contributed by atoms with E-state index < -0.39 is 0 Å². The molecule has 0 radical (unpaired) electrons. The molecule has 0 amide bonds. The van der Waals surface area contributed by atoms with Crippen molar-refractivity contribution in [3.05, 3.63) is 21.7 Å². The van der Waals surface area contributed by atoms with Crippen molar-refractivity contribution >= 4 is 22.6 Å². The minimum absolute atomic E-state index is 0.673. The van der Waals surface area contributed by atoms with E-state index in [9.17, 15) is 0 Å². The summed E-state index contributed by atoms with van der Waals surface area (Å²) in [5.74, 6) is 2.67. The van der Waals surface area contributed by atoms with Crippen molar-refractivity contribution in [2.75, 3.05) is 0 Å². The molecular formula is C14H22INO. The Morgan fingerprint density at radius 2 is 2.12 bits per heavy atom. The lowest BCUT2D eigenvalue weighted by Crippen LogP contribution is -2.40. The summed E-state index contributed by atoms with van der Waals surface area (Å²) in [7, 11) is 0. The average molecular weight is 347 g/mol. The maximum atomic E-state index is 5.59. The zero-order valence-corrected chi connectivity index (χ0v) is 12.9. The Morgan fingerprint density at radius 3 is 2.76 bits per heavy atom. The summed E-state index contributed by atoms with van der Waals surface area (Å²) < 4.78 is 6.57. The van der Waals surface area contributed by atoms with Crippen LogP contribution in [0.5, 0.6) is 0 Å². The van der Waals surface area contributed by atoms with E-state index in [-0.39, 0.29) is 0 Å². The lowest BCUT2D eigenvalue weighted by atomic mass is 9.78. The summed E-state index contributed by atoms with van der Waals surface area (Å²) >= 11 is 2.22. The molecule has 1 saturated carbocycles. The molecule has 1 aromatic rings. The first-order valence-electron chi connectivity index (χ1n) is 6.64. The number of nitrogens with one attached hydrogen (secondary N) is 1. The molecule has 2 rings (SSSR count). The molecule has 3 heteroatoms. The third-order valence-corrected chi connectivity index (χ3v) is 4.42. The Labute approximate surface area is 118 Å². The van der Waals surface area contributed by atoms with Crippen molar-refractivity contribution in [2.45, 2.75) is 52.1 Å². The highest BCUT2D eigenvalue weighted by Crippen LogP contribution is 2.30. The van der Waals surface area contributed by atoms with Crippen molar-refractivity contribution in [1.82, 2.24) is 5.32 Å². The molecular weight excluding hydrogens is 325 g/mol. The van der Waals surface area contributed by atoms with Gasteiger partial charge in [-0.3, -0.25) is 0 Å². The summed E-state index contributed by atoms with van der Waals surface area (Å²) in [6.07, 6.45) is 5.47. The van der Waals surface area contributed by atoms with E-state index in [1.165, 1.54) is 25.7 Å². The van der Waals surface area contributed by atoms with E-state index in [4.69, 9.17) is 4.42 Å². The molecule has 0 aliphatic heterocycles. The molecule has 17 heavy (non-hydrogen) atoms. The molecule has 1 N–H and O–H groups in total. The monoisotopic (exact) mass is 347 g/mol. The number of rotatable bonds is 4. The first kappa shape index (κ1) is 13.4. The second kappa shape index (κ2) is 6.23. The largest absolute Gasteiger partial charge is 0.454 e. The van der Waals surface area contributed by atoms with Gasteiger partial charge in [0, 0.05) is 6.04 Å². The minimum atomic E-state index is 0.673. The van der Waals surface area contributed by atoms with Crippen molar-refractivity contribution < 1.29 is 4.42 Å².